The lowest BCUT2D eigenvalue weighted by Crippen LogP contribution is -2.29. The normalized spacial score (nSPS) is 16.8. The summed E-state index contributed by atoms with van der Waals surface area (Å²) in [6.07, 6.45) is 3.93. The molecule has 1 aliphatic rings. The molecule has 1 aromatic carbocycles. The largest absolute Gasteiger partial charge is 0.369 e. The van der Waals surface area contributed by atoms with Crippen molar-refractivity contribution in [1.29, 1.82) is 0 Å². The SMILES string of the molecule is NC(=O)C1(c2ccccc2CCCCF)CC1. The first-order chi connectivity index (χ1) is 8.20. The minimum atomic E-state index is -0.424. The second kappa shape index (κ2) is 4.86. The van der Waals surface area contributed by atoms with E-state index >= 15 is 0 Å². The molecule has 0 atom stereocenters. The van der Waals surface area contributed by atoms with E-state index in [9.17, 15) is 9.18 Å². The Balaban J connectivity index is 2.19. The highest BCUT2D eigenvalue weighted by atomic mass is 19.1. The number of nitrogens with two attached hydrogens (primary N) is 1. The van der Waals surface area contributed by atoms with Crippen molar-refractivity contribution in [3.63, 3.8) is 0 Å². The summed E-state index contributed by atoms with van der Waals surface area (Å²) in [5.41, 5.74) is 7.28. The number of aryl methyl sites for hydroxylation is 1. The first kappa shape index (κ1) is 12.1. The molecule has 1 aromatic rings. The van der Waals surface area contributed by atoms with Crippen LogP contribution in [0, 0.1) is 0 Å². The first-order valence-electron chi connectivity index (χ1n) is 6.15. The van der Waals surface area contributed by atoms with Crippen molar-refractivity contribution in [2.24, 2.45) is 5.73 Å². The quantitative estimate of drug-likeness (QED) is 0.756. The Labute approximate surface area is 101 Å². The number of halogens is 1. The molecule has 0 spiro atoms. The molecule has 17 heavy (non-hydrogen) atoms. The van der Waals surface area contributed by atoms with Crippen LogP contribution in [-0.2, 0) is 16.6 Å². The molecule has 3 heteroatoms. The van der Waals surface area contributed by atoms with Crippen molar-refractivity contribution >= 4 is 5.91 Å². The van der Waals surface area contributed by atoms with Gasteiger partial charge in [0.15, 0.2) is 0 Å². The summed E-state index contributed by atoms with van der Waals surface area (Å²) in [5, 5.41) is 0. The molecule has 2 nitrogen and oxygen atoms in total. The molecule has 2 N–H and O–H groups in total. The third-order valence-corrected chi connectivity index (χ3v) is 3.58. The molecular formula is C14H18FNO. The van der Waals surface area contributed by atoms with Gasteiger partial charge in [-0.15, -0.1) is 0 Å². The van der Waals surface area contributed by atoms with Crippen molar-refractivity contribution < 1.29 is 9.18 Å². The van der Waals surface area contributed by atoms with Gasteiger partial charge in [-0.3, -0.25) is 9.18 Å². The smallest absolute Gasteiger partial charge is 0.228 e. The van der Waals surface area contributed by atoms with Crippen molar-refractivity contribution in [2.45, 2.75) is 37.5 Å². The summed E-state index contributed by atoms with van der Waals surface area (Å²) in [6.45, 7) is -0.275. The maximum atomic E-state index is 12.1. The Bertz CT molecular complexity index is 412. The van der Waals surface area contributed by atoms with Crippen molar-refractivity contribution in [3.05, 3.63) is 35.4 Å². The van der Waals surface area contributed by atoms with Crippen LogP contribution in [0.2, 0.25) is 0 Å². The molecule has 0 aliphatic heterocycles. The average Bonchev–Trinajstić information content (AvgIpc) is 3.11. The number of amides is 1. The van der Waals surface area contributed by atoms with Gasteiger partial charge in [-0.2, -0.15) is 0 Å². The first-order valence-corrected chi connectivity index (χ1v) is 6.15. The standard InChI is InChI=1S/C14H18FNO/c15-10-4-3-6-11-5-1-2-7-12(11)14(8-9-14)13(16)17/h1-2,5,7H,3-4,6,8-10H2,(H2,16,17). The van der Waals surface area contributed by atoms with Crippen LogP contribution in [0.5, 0.6) is 0 Å². The van der Waals surface area contributed by atoms with Gasteiger partial charge in [0.25, 0.3) is 0 Å². The maximum absolute atomic E-state index is 12.1. The van der Waals surface area contributed by atoms with Crippen LogP contribution < -0.4 is 5.73 Å². The average molecular weight is 235 g/mol. The number of unbranched alkanes of at least 4 members (excludes halogenated alkanes) is 1. The second-order valence-electron chi connectivity index (χ2n) is 4.75. The third kappa shape index (κ3) is 2.33. The van der Waals surface area contributed by atoms with Crippen molar-refractivity contribution in [2.75, 3.05) is 6.67 Å². The van der Waals surface area contributed by atoms with Crippen LogP contribution in [-0.4, -0.2) is 12.6 Å². The molecule has 0 bridgehead atoms. The molecule has 2 rings (SSSR count). The van der Waals surface area contributed by atoms with Gasteiger partial charge in [-0.05, 0) is 43.2 Å². The van der Waals surface area contributed by atoms with Crippen LogP contribution >= 0.6 is 0 Å². The molecule has 1 aliphatic carbocycles. The fraction of sp³-hybridized carbons (Fsp3) is 0.500. The lowest BCUT2D eigenvalue weighted by Gasteiger charge is -2.16. The zero-order chi connectivity index (χ0) is 12.3. The highest BCUT2D eigenvalue weighted by Gasteiger charge is 2.50. The van der Waals surface area contributed by atoms with E-state index < -0.39 is 5.41 Å². The van der Waals surface area contributed by atoms with Crippen LogP contribution in [0.3, 0.4) is 0 Å². The number of primary amides is 1. The summed E-state index contributed by atoms with van der Waals surface area (Å²) >= 11 is 0. The number of alkyl halides is 1. The Morgan fingerprint density at radius 2 is 2.00 bits per heavy atom. The van der Waals surface area contributed by atoms with E-state index in [-0.39, 0.29) is 12.6 Å². The summed E-state index contributed by atoms with van der Waals surface area (Å²) in [7, 11) is 0. The molecule has 92 valence electrons. The minimum absolute atomic E-state index is 0.226. The van der Waals surface area contributed by atoms with E-state index in [0.29, 0.717) is 6.42 Å². The van der Waals surface area contributed by atoms with Crippen LogP contribution in [0.1, 0.15) is 36.8 Å². The molecule has 1 saturated carbocycles. The number of carbonyl (C=O) groups is 1. The van der Waals surface area contributed by atoms with Crippen molar-refractivity contribution in [1.82, 2.24) is 0 Å². The van der Waals surface area contributed by atoms with Gasteiger partial charge in [0.1, 0.15) is 0 Å². The Kier molecular flexibility index (Phi) is 3.46. The molecular weight excluding hydrogens is 217 g/mol. The van der Waals surface area contributed by atoms with E-state index in [1.165, 1.54) is 0 Å². The minimum Gasteiger partial charge on any atom is -0.369 e. The van der Waals surface area contributed by atoms with Gasteiger partial charge in [-0.25, -0.2) is 0 Å². The molecule has 0 aromatic heterocycles. The van der Waals surface area contributed by atoms with Gasteiger partial charge in [0, 0.05) is 0 Å². The van der Waals surface area contributed by atoms with Gasteiger partial charge < -0.3 is 5.73 Å². The number of hydrogen-bond donors (Lipinski definition) is 1. The third-order valence-electron chi connectivity index (χ3n) is 3.58. The molecule has 1 fully saturated rings. The topological polar surface area (TPSA) is 43.1 Å². The lowest BCUT2D eigenvalue weighted by atomic mass is 9.89. The van der Waals surface area contributed by atoms with E-state index in [1.54, 1.807) is 0 Å². The van der Waals surface area contributed by atoms with Crippen molar-refractivity contribution in [3.8, 4) is 0 Å². The second-order valence-corrected chi connectivity index (χ2v) is 4.75. The van der Waals surface area contributed by atoms with Crippen LogP contribution in [0.15, 0.2) is 24.3 Å². The molecule has 0 radical (unpaired) electrons. The van der Waals surface area contributed by atoms with Crippen LogP contribution in [0.25, 0.3) is 0 Å². The fourth-order valence-electron chi connectivity index (χ4n) is 2.39. The van der Waals surface area contributed by atoms with Gasteiger partial charge in [0.05, 0.1) is 12.1 Å². The number of benzene rings is 1. The monoisotopic (exact) mass is 235 g/mol. The zero-order valence-electron chi connectivity index (χ0n) is 9.92. The number of carbonyl (C=O) groups excluding carboxylic acids is 1. The number of hydrogen-bond acceptors (Lipinski definition) is 1. The van der Waals surface area contributed by atoms with E-state index in [4.69, 9.17) is 5.73 Å². The van der Waals surface area contributed by atoms with E-state index in [2.05, 4.69) is 0 Å². The van der Waals surface area contributed by atoms with Gasteiger partial charge in [0.2, 0.25) is 5.91 Å². The van der Waals surface area contributed by atoms with Gasteiger partial charge in [-0.1, -0.05) is 24.3 Å². The zero-order valence-corrected chi connectivity index (χ0v) is 9.92. The van der Waals surface area contributed by atoms with E-state index in [0.717, 1.165) is 36.8 Å². The molecule has 0 heterocycles. The predicted molar refractivity (Wildman–Crippen MR) is 65.5 cm³/mol. The number of rotatable bonds is 6. The van der Waals surface area contributed by atoms with E-state index in [1.807, 2.05) is 24.3 Å². The van der Waals surface area contributed by atoms with Gasteiger partial charge >= 0.3 is 0 Å². The Morgan fingerprint density at radius 3 is 2.59 bits per heavy atom. The molecule has 0 saturated heterocycles. The fourth-order valence-corrected chi connectivity index (χ4v) is 2.39. The highest BCUT2D eigenvalue weighted by Crippen LogP contribution is 2.49. The maximum Gasteiger partial charge on any atom is 0.228 e. The summed E-state index contributed by atoms with van der Waals surface area (Å²) in [5.74, 6) is -0.226. The predicted octanol–water partition coefficient (Wildman–Crippen LogP) is 2.50. The molecule has 1 amide bonds. The summed E-state index contributed by atoms with van der Waals surface area (Å²) in [4.78, 5) is 11.5. The molecule has 0 unspecified atom stereocenters. The van der Waals surface area contributed by atoms with Crippen LogP contribution in [0.4, 0.5) is 4.39 Å². The Morgan fingerprint density at radius 1 is 1.29 bits per heavy atom. The lowest BCUT2D eigenvalue weighted by molar-refractivity contribution is -0.120. The Hall–Kier alpha value is -1.38. The highest BCUT2D eigenvalue weighted by molar-refractivity contribution is 5.90. The summed E-state index contributed by atoms with van der Waals surface area (Å²) < 4.78 is 12.1. The summed E-state index contributed by atoms with van der Waals surface area (Å²) in [6, 6.07) is 7.92.